The molecule has 27 heavy (non-hydrogen) atoms. The minimum Gasteiger partial charge on any atom is -0.303 e. The summed E-state index contributed by atoms with van der Waals surface area (Å²) in [5.74, 6) is 0.245. The fourth-order valence-corrected chi connectivity index (χ4v) is 3.10. The Morgan fingerprint density at radius 3 is 2.85 bits per heavy atom. The third-order valence-corrected chi connectivity index (χ3v) is 4.52. The highest BCUT2D eigenvalue weighted by Gasteiger charge is 2.16. The number of nitrogens with one attached hydrogen (secondary N) is 1. The van der Waals surface area contributed by atoms with Crippen LogP contribution in [0.1, 0.15) is 35.8 Å². The van der Waals surface area contributed by atoms with Gasteiger partial charge in [0.25, 0.3) is 5.91 Å². The topological polar surface area (TPSA) is 72.7 Å². The number of anilines is 1. The van der Waals surface area contributed by atoms with Crippen molar-refractivity contribution in [3.8, 4) is 0 Å². The predicted molar refractivity (Wildman–Crippen MR) is 107 cm³/mol. The summed E-state index contributed by atoms with van der Waals surface area (Å²) >= 11 is 0. The van der Waals surface area contributed by atoms with E-state index in [2.05, 4.69) is 41.4 Å². The van der Waals surface area contributed by atoms with Crippen LogP contribution in [0.5, 0.6) is 0 Å². The molecule has 0 aliphatic heterocycles. The van der Waals surface area contributed by atoms with E-state index in [1.54, 1.807) is 24.4 Å². The summed E-state index contributed by atoms with van der Waals surface area (Å²) in [5, 5.41) is 9.41. The van der Waals surface area contributed by atoms with E-state index in [9.17, 15) is 4.79 Å². The molecule has 0 bridgehead atoms. The molecule has 0 fully saturated rings. The molecule has 0 radical (unpaired) electrons. The molecule has 1 aromatic carbocycles. The molecule has 3 heterocycles. The molecule has 4 rings (SSSR count). The molecule has 0 spiro atoms. The van der Waals surface area contributed by atoms with Gasteiger partial charge < -0.3 is 5.32 Å². The largest absolute Gasteiger partial charge is 0.303 e. The number of aryl methyl sites for hydroxylation is 2. The molecule has 0 saturated heterocycles. The van der Waals surface area contributed by atoms with Gasteiger partial charge in [-0.3, -0.25) is 9.78 Å². The molecule has 0 atom stereocenters. The Balaban J connectivity index is 1.81. The van der Waals surface area contributed by atoms with E-state index < -0.39 is 0 Å². The van der Waals surface area contributed by atoms with Crippen molar-refractivity contribution in [3.05, 3.63) is 59.9 Å². The Morgan fingerprint density at radius 1 is 1.19 bits per heavy atom. The zero-order valence-electron chi connectivity index (χ0n) is 15.4. The van der Waals surface area contributed by atoms with E-state index in [0.717, 1.165) is 41.3 Å². The molecule has 136 valence electrons. The number of hydrogen-bond donors (Lipinski definition) is 1. The second kappa shape index (κ2) is 7.15. The van der Waals surface area contributed by atoms with E-state index >= 15 is 0 Å². The smallest absolute Gasteiger partial charge is 0.275 e. The number of hydrogen-bond acceptors (Lipinski definition) is 4. The molecule has 1 amide bonds. The standard InChI is InChI=1S/C21H21N5O/c1-3-4-11-26-20-16(13-15-12-14(2)8-9-17(15)23-20)19(25-26)24-21(27)18-7-5-6-10-22-18/h5-10,12-13H,3-4,11H2,1-2H3,(H,24,25,27). The first-order chi connectivity index (χ1) is 13.2. The summed E-state index contributed by atoms with van der Waals surface area (Å²) in [7, 11) is 0. The lowest BCUT2D eigenvalue weighted by atomic mass is 10.1. The Labute approximate surface area is 157 Å². The molecule has 0 aliphatic rings. The molecule has 0 aliphatic carbocycles. The molecule has 6 heteroatoms. The number of amides is 1. The lowest BCUT2D eigenvalue weighted by Crippen LogP contribution is -2.14. The van der Waals surface area contributed by atoms with Gasteiger partial charge in [-0.25, -0.2) is 9.67 Å². The van der Waals surface area contributed by atoms with Crippen molar-refractivity contribution < 1.29 is 4.79 Å². The van der Waals surface area contributed by atoms with E-state index in [1.807, 2.05) is 16.8 Å². The fourth-order valence-electron chi connectivity index (χ4n) is 3.10. The average Bonchev–Trinajstić information content (AvgIpc) is 3.01. The number of carbonyl (C=O) groups is 1. The SMILES string of the molecule is CCCCn1nc(NC(=O)c2ccccn2)c2cc3cc(C)ccc3nc21. The first-order valence-corrected chi connectivity index (χ1v) is 9.16. The predicted octanol–water partition coefficient (Wildman–Crippen LogP) is 4.34. The van der Waals surface area contributed by atoms with Crippen LogP contribution in [-0.4, -0.2) is 25.7 Å². The number of pyridine rings is 2. The van der Waals surface area contributed by atoms with Crippen molar-refractivity contribution in [2.75, 3.05) is 5.32 Å². The summed E-state index contributed by atoms with van der Waals surface area (Å²) < 4.78 is 1.88. The van der Waals surface area contributed by atoms with Gasteiger partial charge in [0, 0.05) is 18.1 Å². The van der Waals surface area contributed by atoms with Gasteiger partial charge >= 0.3 is 0 Å². The summed E-state index contributed by atoms with van der Waals surface area (Å²) in [4.78, 5) is 21.5. The molecule has 3 aromatic heterocycles. The maximum atomic E-state index is 12.6. The van der Waals surface area contributed by atoms with Gasteiger partial charge in [0.2, 0.25) is 0 Å². The molecule has 6 nitrogen and oxygen atoms in total. The van der Waals surface area contributed by atoms with Crippen LogP contribution in [0.25, 0.3) is 21.9 Å². The van der Waals surface area contributed by atoms with Crippen molar-refractivity contribution in [1.82, 2.24) is 19.7 Å². The molecular weight excluding hydrogens is 338 g/mol. The van der Waals surface area contributed by atoms with E-state index in [1.165, 1.54) is 5.56 Å². The third-order valence-electron chi connectivity index (χ3n) is 4.52. The van der Waals surface area contributed by atoms with Gasteiger partial charge in [-0.05, 0) is 43.7 Å². The number of aromatic nitrogens is 4. The van der Waals surface area contributed by atoms with E-state index in [4.69, 9.17) is 4.98 Å². The Kier molecular flexibility index (Phi) is 4.54. The molecule has 4 aromatic rings. The van der Waals surface area contributed by atoms with Crippen molar-refractivity contribution in [3.63, 3.8) is 0 Å². The maximum Gasteiger partial charge on any atom is 0.275 e. The first kappa shape index (κ1) is 17.1. The van der Waals surface area contributed by atoms with Crippen LogP contribution >= 0.6 is 0 Å². The van der Waals surface area contributed by atoms with Gasteiger partial charge in [-0.2, -0.15) is 5.10 Å². The van der Waals surface area contributed by atoms with Crippen molar-refractivity contribution in [2.45, 2.75) is 33.2 Å². The highest BCUT2D eigenvalue weighted by Crippen LogP contribution is 2.27. The number of nitrogens with zero attached hydrogens (tertiary/aromatic N) is 4. The van der Waals surface area contributed by atoms with Crippen molar-refractivity contribution in [1.29, 1.82) is 0 Å². The van der Waals surface area contributed by atoms with E-state index in [-0.39, 0.29) is 5.91 Å². The van der Waals surface area contributed by atoms with Gasteiger partial charge in [0.15, 0.2) is 11.5 Å². The minimum atomic E-state index is -0.276. The molecule has 0 saturated carbocycles. The van der Waals surface area contributed by atoms with Crippen LogP contribution in [0.3, 0.4) is 0 Å². The van der Waals surface area contributed by atoms with Gasteiger partial charge in [0.05, 0.1) is 10.9 Å². The first-order valence-electron chi connectivity index (χ1n) is 9.16. The monoisotopic (exact) mass is 359 g/mol. The Bertz CT molecular complexity index is 1120. The lowest BCUT2D eigenvalue weighted by molar-refractivity contribution is 0.102. The fraction of sp³-hybridized carbons (Fsp3) is 0.238. The van der Waals surface area contributed by atoms with Gasteiger partial charge in [-0.15, -0.1) is 0 Å². The van der Waals surface area contributed by atoms with Crippen LogP contribution in [0, 0.1) is 6.92 Å². The zero-order chi connectivity index (χ0) is 18.8. The Hall–Kier alpha value is -3.28. The highest BCUT2D eigenvalue weighted by atomic mass is 16.2. The van der Waals surface area contributed by atoms with Crippen molar-refractivity contribution in [2.24, 2.45) is 0 Å². The summed E-state index contributed by atoms with van der Waals surface area (Å²) in [5.41, 5.74) is 3.24. The van der Waals surface area contributed by atoms with Crippen LogP contribution < -0.4 is 5.32 Å². The van der Waals surface area contributed by atoms with Gasteiger partial charge in [-0.1, -0.05) is 31.0 Å². The van der Waals surface area contributed by atoms with Crippen LogP contribution in [-0.2, 0) is 6.54 Å². The van der Waals surface area contributed by atoms with Gasteiger partial charge in [0.1, 0.15) is 5.69 Å². The molecule has 1 N–H and O–H groups in total. The number of benzene rings is 1. The maximum absolute atomic E-state index is 12.6. The zero-order valence-corrected chi connectivity index (χ0v) is 15.4. The highest BCUT2D eigenvalue weighted by molar-refractivity contribution is 6.08. The third kappa shape index (κ3) is 3.38. The summed E-state index contributed by atoms with van der Waals surface area (Å²) in [6.07, 6.45) is 3.66. The second-order valence-corrected chi connectivity index (χ2v) is 6.65. The number of carbonyl (C=O) groups excluding carboxylic acids is 1. The second-order valence-electron chi connectivity index (χ2n) is 6.65. The number of rotatable bonds is 5. The molecular formula is C21H21N5O. The number of fused-ring (bicyclic) bond motifs is 2. The van der Waals surface area contributed by atoms with Crippen LogP contribution in [0.15, 0.2) is 48.7 Å². The summed E-state index contributed by atoms with van der Waals surface area (Å²) in [6.45, 7) is 4.95. The van der Waals surface area contributed by atoms with Crippen molar-refractivity contribution >= 4 is 33.7 Å². The quantitative estimate of drug-likeness (QED) is 0.575. The molecule has 0 unspecified atom stereocenters. The number of unbranched alkanes of at least 4 members (excludes halogenated alkanes) is 1. The van der Waals surface area contributed by atoms with Crippen LogP contribution in [0.4, 0.5) is 5.82 Å². The van der Waals surface area contributed by atoms with Crippen LogP contribution in [0.2, 0.25) is 0 Å². The Morgan fingerprint density at radius 2 is 2.07 bits per heavy atom. The summed E-state index contributed by atoms with van der Waals surface area (Å²) in [6, 6.07) is 13.5. The normalized spacial score (nSPS) is 11.2. The van der Waals surface area contributed by atoms with E-state index in [0.29, 0.717) is 11.5 Å². The average molecular weight is 359 g/mol. The lowest BCUT2D eigenvalue weighted by Gasteiger charge is -2.03. The minimum absolute atomic E-state index is 0.276.